The fourth-order valence-corrected chi connectivity index (χ4v) is 3.15. The molecule has 24 heavy (non-hydrogen) atoms. The van der Waals surface area contributed by atoms with Crippen molar-refractivity contribution in [2.75, 3.05) is 0 Å². The first kappa shape index (κ1) is 25.1. The number of hydrogen-bond donors (Lipinski definition) is 5. The number of nitrogens with two attached hydrogens (primary N) is 4. The predicted molar refractivity (Wildman–Crippen MR) is 107 cm³/mol. The number of allylic oxidation sites excluding steroid dienone is 1. The van der Waals surface area contributed by atoms with Crippen LogP contribution in [0.15, 0.2) is 22.8 Å². The first-order valence-corrected chi connectivity index (χ1v) is 9.02. The summed E-state index contributed by atoms with van der Waals surface area (Å²) in [6.45, 7) is 16.6. The summed E-state index contributed by atoms with van der Waals surface area (Å²) in [5.41, 5.74) is 17.4. The Morgan fingerprint density at radius 2 is 1.38 bits per heavy atom. The van der Waals surface area contributed by atoms with Crippen molar-refractivity contribution in [3.05, 3.63) is 22.8 Å². The topological polar surface area (TPSA) is 119 Å². The molecular weight excluding hydrogens is 324 g/mol. The molecule has 144 valence electrons. The second-order valence-corrected chi connectivity index (χ2v) is 7.17. The fourth-order valence-electron chi connectivity index (χ4n) is 3.03. The number of nitrogens with one attached hydrogen (secondary N) is 1. The lowest BCUT2D eigenvalue weighted by atomic mass is 9.79. The summed E-state index contributed by atoms with van der Waals surface area (Å²) in [5, 5.41) is 5.19. The molecule has 9 N–H and O–H groups in total. The molecule has 0 aliphatic carbocycles. The van der Waals surface area contributed by atoms with Crippen LogP contribution in [-0.2, 0) is 0 Å². The summed E-state index contributed by atoms with van der Waals surface area (Å²) in [5.74, 6) is 6.42. The summed E-state index contributed by atoms with van der Waals surface area (Å²) in [4.78, 5) is 0. The Bertz CT molecular complexity index is 409. The highest BCUT2D eigenvalue weighted by atomic mass is 35.5. The molecule has 0 atom stereocenters. The minimum Gasteiger partial charge on any atom is -0.396 e. The Labute approximate surface area is 153 Å². The minimum atomic E-state index is -0.0274. The van der Waals surface area contributed by atoms with Gasteiger partial charge < -0.3 is 22.5 Å². The highest BCUT2D eigenvalue weighted by Crippen LogP contribution is 2.31. The quantitative estimate of drug-likeness (QED) is 0.228. The summed E-state index contributed by atoms with van der Waals surface area (Å²) in [6, 6.07) is 0.0877. The summed E-state index contributed by atoms with van der Waals surface area (Å²) in [7, 11) is 0. The van der Waals surface area contributed by atoms with Crippen LogP contribution in [0, 0.1) is 0 Å². The predicted octanol–water partition coefficient (Wildman–Crippen LogP) is 2.65. The van der Waals surface area contributed by atoms with E-state index in [-0.39, 0.29) is 33.8 Å². The van der Waals surface area contributed by atoms with Crippen molar-refractivity contribution >= 4 is 11.6 Å². The van der Waals surface area contributed by atoms with Crippen LogP contribution in [0.3, 0.4) is 0 Å². The Morgan fingerprint density at radius 3 is 1.71 bits per heavy atom. The monoisotopic (exact) mass is 362 g/mol. The van der Waals surface area contributed by atoms with Crippen LogP contribution in [0.25, 0.3) is 0 Å². The fraction of sp³-hybridized carbons (Fsp3) is 0.765. The van der Waals surface area contributed by atoms with Gasteiger partial charge in [0.15, 0.2) is 0 Å². The molecule has 0 aromatic rings. The normalized spacial score (nSPS) is 20.7. The second kappa shape index (κ2) is 10.7. The molecule has 1 aliphatic rings. The zero-order valence-corrected chi connectivity index (χ0v) is 17.5. The van der Waals surface area contributed by atoms with Crippen LogP contribution in [-0.4, -0.2) is 22.1 Å². The second-order valence-electron chi connectivity index (χ2n) is 6.73. The van der Waals surface area contributed by atoms with Gasteiger partial charge in [-0.15, -0.1) is 0 Å². The van der Waals surface area contributed by atoms with Gasteiger partial charge in [0.1, 0.15) is 11.0 Å². The average Bonchev–Trinajstić information content (AvgIpc) is 2.46. The Morgan fingerprint density at radius 1 is 1.00 bits per heavy atom. The van der Waals surface area contributed by atoms with Crippen molar-refractivity contribution in [3.63, 3.8) is 0 Å². The highest BCUT2D eigenvalue weighted by Gasteiger charge is 2.39. The van der Waals surface area contributed by atoms with Crippen molar-refractivity contribution in [2.24, 2.45) is 23.0 Å². The van der Waals surface area contributed by atoms with E-state index in [4.69, 9.17) is 34.6 Å². The van der Waals surface area contributed by atoms with Crippen LogP contribution < -0.4 is 28.4 Å². The van der Waals surface area contributed by atoms with E-state index in [0.717, 1.165) is 12.8 Å². The van der Waals surface area contributed by atoms with Gasteiger partial charge in [0.25, 0.3) is 0 Å². The summed E-state index contributed by atoms with van der Waals surface area (Å²) < 4.78 is 0. The number of rotatable bonds is 3. The molecule has 1 saturated heterocycles. The zero-order chi connectivity index (χ0) is 19.7. The largest absolute Gasteiger partial charge is 0.396 e. The van der Waals surface area contributed by atoms with Gasteiger partial charge in [0.05, 0.1) is 11.7 Å². The molecule has 0 spiro atoms. The Balaban J connectivity index is 0. The molecule has 0 aromatic heterocycles. The molecule has 1 aliphatic heterocycles. The van der Waals surface area contributed by atoms with E-state index in [9.17, 15) is 0 Å². The van der Waals surface area contributed by atoms with Crippen molar-refractivity contribution in [1.29, 1.82) is 0 Å². The van der Waals surface area contributed by atoms with Gasteiger partial charge in [-0.3, -0.25) is 5.01 Å². The molecular formula is C17H39ClN6. The molecule has 0 saturated carbocycles. The molecule has 1 fully saturated rings. The summed E-state index contributed by atoms with van der Waals surface area (Å²) >= 11 is 5.60. The smallest absolute Gasteiger partial charge is 0.137 e. The molecule has 7 heteroatoms. The third-order valence-electron chi connectivity index (χ3n) is 3.43. The van der Waals surface area contributed by atoms with E-state index in [2.05, 4.69) is 33.0 Å². The zero-order valence-electron chi connectivity index (χ0n) is 16.7. The minimum absolute atomic E-state index is 0.0274. The van der Waals surface area contributed by atoms with Gasteiger partial charge in [0.2, 0.25) is 0 Å². The molecule has 6 nitrogen and oxygen atoms in total. The van der Waals surface area contributed by atoms with Crippen molar-refractivity contribution < 1.29 is 0 Å². The van der Waals surface area contributed by atoms with E-state index >= 15 is 0 Å². The maximum Gasteiger partial charge on any atom is 0.137 e. The van der Waals surface area contributed by atoms with E-state index < -0.39 is 0 Å². The highest BCUT2D eigenvalue weighted by molar-refractivity contribution is 6.29. The lowest BCUT2D eigenvalue weighted by Crippen LogP contribution is -2.63. The van der Waals surface area contributed by atoms with Gasteiger partial charge in [-0.2, -0.15) is 0 Å². The van der Waals surface area contributed by atoms with Gasteiger partial charge >= 0.3 is 0 Å². The van der Waals surface area contributed by atoms with Gasteiger partial charge in [-0.25, -0.2) is 5.84 Å². The van der Waals surface area contributed by atoms with Gasteiger partial charge in [-0.05, 0) is 46.6 Å². The van der Waals surface area contributed by atoms with Gasteiger partial charge in [-0.1, -0.05) is 39.3 Å². The Kier molecular flexibility index (Phi) is 11.2. The van der Waals surface area contributed by atoms with Crippen LogP contribution in [0.1, 0.15) is 68.2 Å². The SMILES string of the molecule is CC.CC.CC1(C)CC(N(N)/C(N)=C(N)/C=C(\N)Cl)CC(C)(C)N1. The first-order chi connectivity index (χ1) is 10.9. The number of piperidine rings is 1. The number of nitrogens with zero attached hydrogens (tertiary/aromatic N) is 1. The van der Waals surface area contributed by atoms with E-state index in [1.165, 1.54) is 11.1 Å². The van der Waals surface area contributed by atoms with Crippen molar-refractivity contribution in [2.45, 2.75) is 85.4 Å². The van der Waals surface area contributed by atoms with E-state index in [1.54, 1.807) is 0 Å². The van der Waals surface area contributed by atoms with Crippen molar-refractivity contribution in [3.8, 4) is 0 Å². The number of hydrazine groups is 1. The molecule has 0 unspecified atom stereocenters. The van der Waals surface area contributed by atoms with E-state index in [1.807, 2.05) is 27.7 Å². The van der Waals surface area contributed by atoms with Crippen LogP contribution in [0.5, 0.6) is 0 Å². The maximum absolute atomic E-state index is 6.14. The average molecular weight is 363 g/mol. The molecule has 1 heterocycles. The number of halogens is 1. The summed E-state index contributed by atoms with van der Waals surface area (Å²) in [6.07, 6.45) is 3.12. The van der Waals surface area contributed by atoms with Crippen molar-refractivity contribution in [1.82, 2.24) is 10.3 Å². The number of hydrogen-bond acceptors (Lipinski definition) is 6. The first-order valence-electron chi connectivity index (χ1n) is 8.65. The molecule has 0 bridgehead atoms. The third-order valence-corrected chi connectivity index (χ3v) is 3.54. The lowest BCUT2D eigenvalue weighted by molar-refractivity contribution is 0.0845. The lowest BCUT2D eigenvalue weighted by Gasteiger charge is -2.49. The standard InChI is InChI=1S/C13H27ClN6.2C2H6/c1-12(2)6-8(7-13(3,4)19-12)20(18)11(17)9(15)5-10(14)16;2*1-2/h5,8,19H,6-7,15-18H2,1-4H3;2*1-2H3/b10-5-,11-9-;;. The van der Waals surface area contributed by atoms with E-state index in [0.29, 0.717) is 0 Å². The van der Waals surface area contributed by atoms with Crippen LogP contribution in [0.4, 0.5) is 0 Å². The molecule has 0 amide bonds. The van der Waals surface area contributed by atoms with Gasteiger partial charge in [0, 0.05) is 11.1 Å². The molecule has 1 rings (SSSR count). The molecule has 0 aromatic carbocycles. The molecule has 0 radical (unpaired) electrons. The van der Waals surface area contributed by atoms with Crippen LogP contribution >= 0.6 is 11.6 Å². The van der Waals surface area contributed by atoms with Crippen LogP contribution in [0.2, 0.25) is 0 Å². The maximum atomic E-state index is 6.14. The Hall–Kier alpha value is -1.11. The third kappa shape index (κ3) is 8.66.